The van der Waals surface area contributed by atoms with Gasteiger partial charge in [0, 0.05) is 18.0 Å². The molecule has 0 atom stereocenters. The first-order valence-corrected chi connectivity index (χ1v) is 6.72. The van der Waals surface area contributed by atoms with Crippen LogP contribution in [0.2, 0.25) is 0 Å². The SMILES string of the molecule is CCOC(=O)c1ccc(NC(=O)c2ccc(OC)nc2)cc1. The maximum Gasteiger partial charge on any atom is 0.338 e. The number of benzene rings is 1. The number of rotatable bonds is 5. The average molecular weight is 300 g/mol. The first-order valence-electron chi connectivity index (χ1n) is 6.72. The standard InChI is InChI=1S/C16H16N2O4/c1-3-22-16(20)11-4-7-13(8-5-11)18-15(19)12-6-9-14(21-2)17-10-12/h4-10H,3H2,1-2H3,(H,18,19). The Bertz CT molecular complexity index is 651. The number of nitrogens with one attached hydrogen (secondary N) is 1. The van der Waals surface area contributed by atoms with Crippen LogP contribution in [0.4, 0.5) is 5.69 Å². The van der Waals surface area contributed by atoms with E-state index in [2.05, 4.69) is 10.3 Å². The molecule has 114 valence electrons. The molecule has 0 aliphatic heterocycles. The van der Waals surface area contributed by atoms with Crippen molar-refractivity contribution in [3.63, 3.8) is 0 Å². The van der Waals surface area contributed by atoms with E-state index in [9.17, 15) is 9.59 Å². The highest BCUT2D eigenvalue weighted by molar-refractivity contribution is 6.04. The Hall–Kier alpha value is -2.89. The van der Waals surface area contributed by atoms with Gasteiger partial charge in [0.25, 0.3) is 5.91 Å². The monoisotopic (exact) mass is 300 g/mol. The van der Waals surface area contributed by atoms with Gasteiger partial charge >= 0.3 is 5.97 Å². The fourth-order valence-electron chi connectivity index (χ4n) is 1.74. The highest BCUT2D eigenvalue weighted by atomic mass is 16.5. The van der Waals surface area contributed by atoms with Gasteiger partial charge < -0.3 is 14.8 Å². The molecular weight excluding hydrogens is 284 g/mol. The number of pyridine rings is 1. The predicted molar refractivity (Wildman–Crippen MR) is 81.1 cm³/mol. The second-order valence-electron chi connectivity index (χ2n) is 4.34. The van der Waals surface area contributed by atoms with Crippen molar-refractivity contribution in [2.45, 2.75) is 6.92 Å². The maximum absolute atomic E-state index is 12.1. The van der Waals surface area contributed by atoms with Crippen molar-refractivity contribution in [1.29, 1.82) is 0 Å². The van der Waals surface area contributed by atoms with Crippen molar-refractivity contribution in [1.82, 2.24) is 4.98 Å². The van der Waals surface area contributed by atoms with E-state index in [4.69, 9.17) is 9.47 Å². The Morgan fingerprint density at radius 1 is 1.09 bits per heavy atom. The summed E-state index contributed by atoms with van der Waals surface area (Å²) < 4.78 is 9.83. The minimum atomic E-state index is -0.389. The van der Waals surface area contributed by atoms with Gasteiger partial charge in [0.15, 0.2) is 0 Å². The van der Waals surface area contributed by atoms with E-state index in [1.165, 1.54) is 13.3 Å². The highest BCUT2D eigenvalue weighted by Crippen LogP contribution is 2.13. The third-order valence-electron chi connectivity index (χ3n) is 2.86. The molecule has 0 bridgehead atoms. The van der Waals surface area contributed by atoms with E-state index in [-0.39, 0.29) is 11.9 Å². The number of aromatic nitrogens is 1. The zero-order valence-corrected chi connectivity index (χ0v) is 12.3. The van der Waals surface area contributed by atoms with Gasteiger partial charge in [-0.2, -0.15) is 0 Å². The van der Waals surface area contributed by atoms with Crippen LogP contribution in [0.5, 0.6) is 5.88 Å². The van der Waals surface area contributed by atoms with Gasteiger partial charge in [-0.15, -0.1) is 0 Å². The van der Waals surface area contributed by atoms with Crippen LogP contribution >= 0.6 is 0 Å². The Morgan fingerprint density at radius 3 is 2.32 bits per heavy atom. The summed E-state index contributed by atoms with van der Waals surface area (Å²) in [7, 11) is 1.51. The second kappa shape index (κ2) is 7.21. The molecule has 1 aromatic carbocycles. The van der Waals surface area contributed by atoms with Gasteiger partial charge in [-0.05, 0) is 37.3 Å². The third kappa shape index (κ3) is 3.82. The van der Waals surface area contributed by atoms with Crippen LogP contribution < -0.4 is 10.1 Å². The number of anilines is 1. The fourth-order valence-corrected chi connectivity index (χ4v) is 1.74. The minimum absolute atomic E-state index is 0.293. The molecule has 6 heteroatoms. The number of hydrogen-bond acceptors (Lipinski definition) is 5. The lowest BCUT2D eigenvalue weighted by Crippen LogP contribution is -2.12. The van der Waals surface area contributed by atoms with Crippen molar-refractivity contribution in [3.8, 4) is 5.88 Å². The van der Waals surface area contributed by atoms with E-state index in [0.29, 0.717) is 29.3 Å². The van der Waals surface area contributed by atoms with Crippen LogP contribution in [-0.4, -0.2) is 30.6 Å². The Kier molecular flexibility index (Phi) is 5.08. The highest BCUT2D eigenvalue weighted by Gasteiger charge is 2.09. The van der Waals surface area contributed by atoms with Crippen molar-refractivity contribution >= 4 is 17.6 Å². The number of hydrogen-bond donors (Lipinski definition) is 1. The summed E-state index contributed by atoms with van der Waals surface area (Å²) in [6.07, 6.45) is 1.43. The van der Waals surface area contributed by atoms with Gasteiger partial charge in [-0.25, -0.2) is 9.78 Å². The quantitative estimate of drug-likeness (QED) is 0.858. The second-order valence-corrected chi connectivity index (χ2v) is 4.34. The first kappa shape index (κ1) is 15.5. The molecule has 1 amide bonds. The number of nitrogens with zero attached hydrogens (tertiary/aromatic N) is 1. The molecule has 2 rings (SSSR count). The van der Waals surface area contributed by atoms with E-state index in [0.717, 1.165) is 0 Å². The summed E-state index contributed by atoms with van der Waals surface area (Å²) in [5, 5.41) is 2.72. The predicted octanol–water partition coefficient (Wildman–Crippen LogP) is 2.52. The molecular formula is C16H16N2O4. The lowest BCUT2D eigenvalue weighted by molar-refractivity contribution is 0.0526. The largest absolute Gasteiger partial charge is 0.481 e. The molecule has 1 aromatic heterocycles. The lowest BCUT2D eigenvalue weighted by Gasteiger charge is -2.07. The van der Waals surface area contributed by atoms with Crippen molar-refractivity contribution in [2.75, 3.05) is 19.0 Å². The summed E-state index contributed by atoms with van der Waals surface area (Å²) in [6, 6.07) is 9.70. The molecule has 1 N–H and O–H groups in total. The van der Waals surface area contributed by atoms with Crippen LogP contribution in [0.15, 0.2) is 42.6 Å². The number of carbonyl (C=O) groups excluding carboxylic acids is 2. The zero-order valence-electron chi connectivity index (χ0n) is 12.3. The van der Waals surface area contributed by atoms with Crippen LogP contribution in [0, 0.1) is 0 Å². The van der Waals surface area contributed by atoms with E-state index in [1.807, 2.05) is 0 Å². The molecule has 0 fully saturated rings. The molecule has 0 unspecified atom stereocenters. The van der Waals surface area contributed by atoms with Crippen LogP contribution in [0.25, 0.3) is 0 Å². The zero-order chi connectivity index (χ0) is 15.9. The summed E-state index contributed by atoms with van der Waals surface area (Å²) >= 11 is 0. The Balaban J connectivity index is 2.03. The number of methoxy groups -OCH3 is 1. The average Bonchev–Trinajstić information content (AvgIpc) is 2.55. The number of esters is 1. The molecule has 2 aromatic rings. The smallest absolute Gasteiger partial charge is 0.338 e. The minimum Gasteiger partial charge on any atom is -0.481 e. The number of carbonyl (C=O) groups is 2. The molecule has 22 heavy (non-hydrogen) atoms. The first-order chi connectivity index (χ1) is 10.6. The Labute approximate surface area is 128 Å². The summed E-state index contributed by atoms with van der Waals surface area (Å²) in [4.78, 5) is 27.6. The lowest BCUT2D eigenvalue weighted by atomic mass is 10.2. The van der Waals surface area contributed by atoms with Gasteiger partial charge in [-0.1, -0.05) is 0 Å². The maximum atomic E-state index is 12.1. The van der Waals surface area contributed by atoms with Crippen molar-refractivity contribution < 1.29 is 19.1 Å². The van der Waals surface area contributed by atoms with E-state index < -0.39 is 0 Å². The van der Waals surface area contributed by atoms with Gasteiger partial charge in [0.2, 0.25) is 5.88 Å². The molecule has 0 aliphatic carbocycles. The van der Waals surface area contributed by atoms with Gasteiger partial charge in [0.1, 0.15) is 0 Å². The van der Waals surface area contributed by atoms with Crippen molar-refractivity contribution in [2.24, 2.45) is 0 Å². The van der Waals surface area contributed by atoms with Crippen LogP contribution in [0.1, 0.15) is 27.6 Å². The van der Waals surface area contributed by atoms with E-state index >= 15 is 0 Å². The van der Waals surface area contributed by atoms with E-state index in [1.54, 1.807) is 43.3 Å². The molecule has 0 radical (unpaired) electrons. The third-order valence-corrected chi connectivity index (χ3v) is 2.86. The van der Waals surface area contributed by atoms with Crippen LogP contribution in [-0.2, 0) is 4.74 Å². The van der Waals surface area contributed by atoms with Gasteiger partial charge in [0.05, 0.1) is 24.8 Å². The topological polar surface area (TPSA) is 77.5 Å². The van der Waals surface area contributed by atoms with Crippen molar-refractivity contribution in [3.05, 3.63) is 53.7 Å². The van der Waals surface area contributed by atoms with Crippen LogP contribution in [0.3, 0.4) is 0 Å². The van der Waals surface area contributed by atoms with Gasteiger partial charge in [-0.3, -0.25) is 4.79 Å². The number of ether oxygens (including phenoxy) is 2. The molecule has 0 spiro atoms. The Morgan fingerprint density at radius 2 is 1.77 bits per heavy atom. The summed E-state index contributed by atoms with van der Waals surface area (Å²) in [5.74, 6) is -0.242. The normalized spacial score (nSPS) is 9.91. The molecule has 1 heterocycles. The fraction of sp³-hybridized carbons (Fsp3) is 0.188. The summed E-state index contributed by atoms with van der Waals surface area (Å²) in [5.41, 5.74) is 1.43. The molecule has 0 saturated carbocycles. The molecule has 0 saturated heterocycles. The molecule has 0 aliphatic rings. The summed E-state index contributed by atoms with van der Waals surface area (Å²) in [6.45, 7) is 2.07. The number of amides is 1. The molecule has 6 nitrogen and oxygen atoms in total.